The van der Waals surface area contributed by atoms with E-state index in [2.05, 4.69) is 38.2 Å². The van der Waals surface area contributed by atoms with Crippen molar-refractivity contribution >= 4 is 0 Å². The average Bonchev–Trinajstić information content (AvgIpc) is 1.79. The summed E-state index contributed by atoms with van der Waals surface area (Å²) in [7, 11) is 4.29. The van der Waals surface area contributed by atoms with E-state index >= 15 is 0 Å². The van der Waals surface area contributed by atoms with E-state index < -0.39 is 0 Å². The van der Waals surface area contributed by atoms with E-state index in [1.54, 1.807) is 0 Å². The lowest BCUT2D eigenvalue weighted by Crippen LogP contribution is -2.44. The largest absolute Gasteiger partial charge is 0.313 e. The number of hydrogen-bond donors (Lipinski definition) is 1. The highest BCUT2D eigenvalue weighted by Crippen LogP contribution is 2.21. The highest BCUT2D eigenvalue weighted by molar-refractivity contribution is 4.81. The van der Waals surface area contributed by atoms with Gasteiger partial charge in [0.1, 0.15) is 0 Å². The summed E-state index contributed by atoms with van der Waals surface area (Å²) in [5.74, 6) is 0. The van der Waals surface area contributed by atoms with Gasteiger partial charge in [-0.15, -0.1) is 0 Å². The van der Waals surface area contributed by atoms with Gasteiger partial charge < -0.3 is 10.2 Å². The SMILES string of the molecule is CN(C)CC(C)(C)CNC1CCC1. The van der Waals surface area contributed by atoms with Crippen molar-refractivity contribution in [2.45, 2.75) is 39.2 Å². The Morgan fingerprint density at radius 1 is 1.31 bits per heavy atom. The van der Waals surface area contributed by atoms with Gasteiger partial charge in [-0.2, -0.15) is 0 Å². The molecule has 0 aromatic rings. The molecule has 0 spiro atoms. The van der Waals surface area contributed by atoms with Crippen LogP contribution in [0.5, 0.6) is 0 Å². The van der Waals surface area contributed by atoms with Crippen molar-refractivity contribution < 1.29 is 0 Å². The van der Waals surface area contributed by atoms with Crippen LogP contribution >= 0.6 is 0 Å². The van der Waals surface area contributed by atoms with E-state index in [9.17, 15) is 0 Å². The first-order valence-electron chi connectivity index (χ1n) is 5.38. The van der Waals surface area contributed by atoms with Crippen LogP contribution in [0.1, 0.15) is 33.1 Å². The van der Waals surface area contributed by atoms with E-state index in [4.69, 9.17) is 0 Å². The van der Waals surface area contributed by atoms with Crippen molar-refractivity contribution in [2.24, 2.45) is 5.41 Å². The standard InChI is InChI=1S/C11H24N2/c1-11(2,9-13(3)4)8-12-10-6-5-7-10/h10,12H,5-9H2,1-4H3. The van der Waals surface area contributed by atoms with Crippen LogP contribution in [0, 0.1) is 5.41 Å². The van der Waals surface area contributed by atoms with Gasteiger partial charge in [-0.05, 0) is 32.4 Å². The summed E-state index contributed by atoms with van der Waals surface area (Å²) >= 11 is 0. The minimum absolute atomic E-state index is 0.402. The number of hydrogen-bond acceptors (Lipinski definition) is 2. The lowest BCUT2D eigenvalue weighted by atomic mass is 9.89. The zero-order valence-electron chi connectivity index (χ0n) is 9.56. The fourth-order valence-electron chi connectivity index (χ4n) is 1.94. The van der Waals surface area contributed by atoms with Crippen LogP contribution in [0.4, 0.5) is 0 Å². The van der Waals surface area contributed by atoms with Crippen molar-refractivity contribution in [1.82, 2.24) is 10.2 Å². The molecule has 1 N–H and O–H groups in total. The molecule has 78 valence electrons. The Morgan fingerprint density at radius 3 is 2.31 bits per heavy atom. The first-order chi connectivity index (χ1) is 5.99. The quantitative estimate of drug-likeness (QED) is 0.700. The minimum Gasteiger partial charge on any atom is -0.313 e. The molecule has 0 atom stereocenters. The Labute approximate surface area is 82.7 Å². The lowest BCUT2D eigenvalue weighted by Gasteiger charge is -2.33. The molecule has 0 bridgehead atoms. The molecule has 0 amide bonds. The first-order valence-corrected chi connectivity index (χ1v) is 5.38. The van der Waals surface area contributed by atoms with Gasteiger partial charge in [0.25, 0.3) is 0 Å². The van der Waals surface area contributed by atoms with Crippen molar-refractivity contribution in [1.29, 1.82) is 0 Å². The number of rotatable bonds is 5. The predicted octanol–water partition coefficient (Wildman–Crippen LogP) is 1.72. The van der Waals surface area contributed by atoms with Gasteiger partial charge in [-0.25, -0.2) is 0 Å². The summed E-state index contributed by atoms with van der Waals surface area (Å²) in [6, 6.07) is 0.821. The maximum atomic E-state index is 3.64. The molecule has 0 radical (unpaired) electrons. The van der Waals surface area contributed by atoms with Crippen LogP contribution in [0.15, 0.2) is 0 Å². The highest BCUT2D eigenvalue weighted by Gasteiger charge is 2.22. The summed E-state index contributed by atoms with van der Waals surface area (Å²) in [4.78, 5) is 2.27. The third-order valence-corrected chi connectivity index (χ3v) is 2.72. The second-order valence-electron chi connectivity index (χ2n) is 5.41. The van der Waals surface area contributed by atoms with Crippen LogP contribution in [-0.4, -0.2) is 38.1 Å². The van der Waals surface area contributed by atoms with Crippen molar-refractivity contribution in [3.05, 3.63) is 0 Å². The zero-order chi connectivity index (χ0) is 9.90. The smallest absolute Gasteiger partial charge is 0.00673 e. The maximum absolute atomic E-state index is 3.64. The molecule has 0 unspecified atom stereocenters. The molecule has 2 nitrogen and oxygen atoms in total. The predicted molar refractivity (Wildman–Crippen MR) is 58.0 cm³/mol. The van der Waals surface area contributed by atoms with E-state index in [1.165, 1.54) is 19.3 Å². The lowest BCUT2D eigenvalue weighted by molar-refractivity contribution is 0.209. The molecule has 1 aliphatic carbocycles. The van der Waals surface area contributed by atoms with Gasteiger partial charge in [0, 0.05) is 19.1 Å². The molecule has 1 rings (SSSR count). The summed E-state index contributed by atoms with van der Waals surface area (Å²) in [6.45, 7) is 6.97. The molecule has 0 aliphatic heterocycles. The van der Waals surface area contributed by atoms with E-state index in [-0.39, 0.29) is 0 Å². The van der Waals surface area contributed by atoms with Crippen LogP contribution < -0.4 is 5.32 Å². The van der Waals surface area contributed by atoms with Gasteiger partial charge >= 0.3 is 0 Å². The van der Waals surface area contributed by atoms with Gasteiger partial charge in [-0.1, -0.05) is 20.3 Å². The van der Waals surface area contributed by atoms with E-state index in [1.807, 2.05) is 0 Å². The van der Waals surface area contributed by atoms with Crippen molar-refractivity contribution in [2.75, 3.05) is 27.2 Å². The Balaban J connectivity index is 2.16. The van der Waals surface area contributed by atoms with Gasteiger partial charge in [0.15, 0.2) is 0 Å². The Bertz CT molecular complexity index is 148. The summed E-state index contributed by atoms with van der Waals surface area (Å²) in [5, 5.41) is 3.64. The molecule has 0 aromatic carbocycles. The summed E-state index contributed by atoms with van der Waals surface area (Å²) in [5.41, 5.74) is 0.402. The first kappa shape index (κ1) is 11.0. The molecule has 13 heavy (non-hydrogen) atoms. The van der Waals surface area contributed by atoms with E-state index in [0.717, 1.165) is 19.1 Å². The maximum Gasteiger partial charge on any atom is 0.00673 e. The zero-order valence-corrected chi connectivity index (χ0v) is 9.56. The normalized spacial score (nSPS) is 19.2. The second kappa shape index (κ2) is 4.43. The van der Waals surface area contributed by atoms with Crippen LogP contribution in [-0.2, 0) is 0 Å². The molecule has 1 fully saturated rings. The van der Waals surface area contributed by atoms with Crippen molar-refractivity contribution in [3.8, 4) is 0 Å². The topological polar surface area (TPSA) is 15.3 Å². The Morgan fingerprint density at radius 2 is 1.92 bits per heavy atom. The monoisotopic (exact) mass is 184 g/mol. The molecule has 2 heteroatoms. The third-order valence-electron chi connectivity index (χ3n) is 2.72. The summed E-state index contributed by atoms with van der Waals surface area (Å²) in [6.07, 6.45) is 4.20. The summed E-state index contributed by atoms with van der Waals surface area (Å²) < 4.78 is 0. The molecule has 1 aliphatic rings. The third kappa shape index (κ3) is 4.10. The van der Waals surface area contributed by atoms with Crippen LogP contribution in [0.3, 0.4) is 0 Å². The highest BCUT2D eigenvalue weighted by atomic mass is 15.1. The Kier molecular flexibility index (Phi) is 3.74. The fraction of sp³-hybridized carbons (Fsp3) is 1.00. The average molecular weight is 184 g/mol. The fourth-order valence-corrected chi connectivity index (χ4v) is 1.94. The molecule has 0 heterocycles. The van der Waals surface area contributed by atoms with Crippen molar-refractivity contribution in [3.63, 3.8) is 0 Å². The van der Waals surface area contributed by atoms with Gasteiger partial charge in [-0.3, -0.25) is 0 Å². The second-order valence-corrected chi connectivity index (χ2v) is 5.41. The molecule has 1 saturated carbocycles. The number of nitrogens with zero attached hydrogens (tertiary/aromatic N) is 1. The van der Waals surface area contributed by atoms with Gasteiger partial charge in [0.05, 0.1) is 0 Å². The van der Waals surface area contributed by atoms with Gasteiger partial charge in [0.2, 0.25) is 0 Å². The minimum atomic E-state index is 0.402. The molecule has 0 saturated heterocycles. The molecule has 0 aromatic heterocycles. The molecular formula is C11H24N2. The van der Waals surface area contributed by atoms with Crippen LogP contribution in [0.2, 0.25) is 0 Å². The van der Waals surface area contributed by atoms with E-state index in [0.29, 0.717) is 5.41 Å². The molecular weight excluding hydrogens is 160 g/mol. The van der Waals surface area contributed by atoms with Crippen LogP contribution in [0.25, 0.3) is 0 Å². The number of nitrogens with one attached hydrogen (secondary N) is 1. The Hall–Kier alpha value is -0.0800.